The number of aromatic nitrogens is 1. The monoisotopic (exact) mass is 256 g/mol. The van der Waals surface area contributed by atoms with Gasteiger partial charge in [-0.1, -0.05) is 24.3 Å². The van der Waals surface area contributed by atoms with Crippen LogP contribution in [0, 0.1) is 0 Å². The van der Waals surface area contributed by atoms with Crippen molar-refractivity contribution in [3.05, 3.63) is 65.5 Å². The first-order valence-electron chi connectivity index (χ1n) is 6.49. The van der Waals surface area contributed by atoms with Crippen LogP contribution in [0.15, 0.2) is 48.8 Å². The van der Waals surface area contributed by atoms with Gasteiger partial charge in [0.2, 0.25) is 0 Å². The van der Waals surface area contributed by atoms with Gasteiger partial charge in [0, 0.05) is 32.1 Å². The largest absolute Gasteiger partial charge is 0.380 e. The van der Waals surface area contributed by atoms with Gasteiger partial charge in [0.15, 0.2) is 0 Å². The van der Waals surface area contributed by atoms with E-state index in [1.165, 1.54) is 16.7 Å². The fourth-order valence-corrected chi connectivity index (χ4v) is 1.96. The summed E-state index contributed by atoms with van der Waals surface area (Å²) < 4.78 is 5.10. The molecule has 1 aromatic heterocycles. The topological polar surface area (TPSA) is 34.1 Å². The smallest absolute Gasteiger partial charge is 0.0713 e. The Kier molecular flexibility index (Phi) is 5.07. The minimum atomic E-state index is 0.321. The zero-order valence-corrected chi connectivity index (χ0v) is 11.5. The number of hydrogen-bond donors (Lipinski definition) is 1. The van der Waals surface area contributed by atoms with E-state index in [1.807, 2.05) is 24.5 Å². The minimum Gasteiger partial charge on any atom is -0.380 e. The van der Waals surface area contributed by atoms with Crippen LogP contribution in [0.1, 0.15) is 29.7 Å². The molecule has 0 aliphatic heterocycles. The SMILES string of the molecule is COCc1ccc(CN[C@H](C)c2ccncc2)cc1. The molecule has 1 aromatic carbocycles. The average molecular weight is 256 g/mol. The third-order valence-corrected chi connectivity index (χ3v) is 3.15. The Morgan fingerprint density at radius 3 is 2.32 bits per heavy atom. The van der Waals surface area contributed by atoms with Crippen molar-refractivity contribution >= 4 is 0 Å². The minimum absolute atomic E-state index is 0.321. The molecule has 0 saturated carbocycles. The molecule has 0 unspecified atom stereocenters. The van der Waals surface area contributed by atoms with E-state index in [0.29, 0.717) is 12.6 Å². The van der Waals surface area contributed by atoms with Gasteiger partial charge in [-0.15, -0.1) is 0 Å². The molecule has 0 radical (unpaired) electrons. The number of pyridine rings is 1. The van der Waals surface area contributed by atoms with E-state index in [4.69, 9.17) is 4.74 Å². The highest BCUT2D eigenvalue weighted by Crippen LogP contribution is 2.12. The number of nitrogens with zero attached hydrogens (tertiary/aromatic N) is 1. The lowest BCUT2D eigenvalue weighted by molar-refractivity contribution is 0.185. The Labute approximate surface area is 114 Å². The summed E-state index contributed by atoms with van der Waals surface area (Å²) in [6.07, 6.45) is 3.65. The molecule has 0 fully saturated rings. The maximum absolute atomic E-state index is 5.10. The number of ether oxygens (including phenoxy) is 1. The van der Waals surface area contributed by atoms with E-state index in [9.17, 15) is 0 Å². The number of methoxy groups -OCH3 is 1. The lowest BCUT2D eigenvalue weighted by Gasteiger charge is -2.14. The van der Waals surface area contributed by atoms with Crippen molar-refractivity contribution in [2.75, 3.05) is 7.11 Å². The molecule has 1 heterocycles. The lowest BCUT2D eigenvalue weighted by Crippen LogP contribution is -2.18. The second kappa shape index (κ2) is 7.02. The van der Waals surface area contributed by atoms with E-state index in [0.717, 1.165) is 6.54 Å². The quantitative estimate of drug-likeness (QED) is 0.862. The molecule has 1 N–H and O–H groups in total. The maximum atomic E-state index is 5.10. The van der Waals surface area contributed by atoms with Crippen molar-refractivity contribution in [2.24, 2.45) is 0 Å². The van der Waals surface area contributed by atoms with Crippen molar-refractivity contribution in [1.29, 1.82) is 0 Å². The second-order valence-corrected chi connectivity index (χ2v) is 4.63. The fraction of sp³-hybridized carbons (Fsp3) is 0.312. The summed E-state index contributed by atoms with van der Waals surface area (Å²) in [5, 5.41) is 3.51. The summed E-state index contributed by atoms with van der Waals surface area (Å²) in [4.78, 5) is 4.03. The number of benzene rings is 1. The van der Waals surface area contributed by atoms with Gasteiger partial charge in [-0.05, 0) is 35.7 Å². The van der Waals surface area contributed by atoms with Crippen molar-refractivity contribution in [3.63, 3.8) is 0 Å². The molecule has 3 heteroatoms. The normalized spacial score (nSPS) is 12.3. The van der Waals surface area contributed by atoms with Crippen molar-refractivity contribution in [1.82, 2.24) is 10.3 Å². The molecule has 0 spiro atoms. The molecular weight excluding hydrogens is 236 g/mol. The second-order valence-electron chi connectivity index (χ2n) is 4.63. The summed E-state index contributed by atoms with van der Waals surface area (Å²) in [5.41, 5.74) is 3.74. The molecule has 2 aromatic rings. The van der Waals surface area contributed by atoms with E-state index < -0.39 is 0 Å². The predicted octanol–water partition coefficient (Wildman–Crippen LogP) is 3.08. The molecule has 19 heavy (non-hydrogen) atoms. The first-order chi connectivity index (χ1) is 9.29. The van der Waals surface area contributed by atoms with Crippen molar-refractivity contribution in [3.8, 4) is 0 Å². The molecule has 0 bridgehead atoms. The van der Waals surface area contributed by atoms with Crippen LogP contribution in [0.2, 0.25) is 0 Å². The molecule has 2 rings (SSSR count). The number of rotatable bonds is 6. The standard InChI is InChI=1S/C16H20N2O/c1-13(16-7-9-17-10-8-16)18-11-14-3-5-15(6-4-14)12-19-2/h3-10,13,18H,11-12H2,1-2H3/t13-/m1/s1. The zero-order valence-electron chi connectivity index (χ0n) is 11.5. The van der Waals surface area contributed by atoms with Crippen LogP contribution in [-0.2, 0) is 17.9 Å². The lowest BCUT2D eigenvalue weighted by atomic mass is 10.1. The Bertz CT molecular complexity index is 482. The van der Waals surface area contributed by atoms with Crippen molar-refractivity contribution < 1.29 is 4.74 Å². The van der Waals surface area contributed by atoms with Gasteiger partial charge >= 0.3 is 0 Å². The summed E-state index contributed by atoms with van der Waals surface area (Å²) in [6, 6.07) is 12.9. The predicted molar refractivity (Wildman–Crippen MR) is 76.6 cm³/mol. The van der Waals surface area contributed by atoms with Crippen LogP contribution in [0.25, 0.3) is 0 Å². The summed E-state index contributed by atoms with van der Waals surface area (Å²) in [7, 11) is 1.71. The highest BCUT2D eigenvalue weighted by Gasteiger charge is 2.04. The average Bonchev–Trinajstić information content (AvgIpc) is 2.47. The van der Waals surface area contributed by atoms with Crippen molar-refractivity contribution in [2.45, 2.75) is 26.1 Å². The first-order valence-corrected chi connectivity index (χ1v) is 6.49. The summed E-state index contributed by atoms with van der Waals surface area (Å²) in [6.45, 7) is 3.69. The fourth-order valence-electron chi connectivity index (χ4n) is 1.96. The number of hydrogen-bond acceptors (Lipinski definition) is 3. The van der Waals surface area contributed by atoms with Crippen LogP contribution in [0.3, 0.4) is 0 Å². The Morgan fingerprint density at radius 2 is 1.68 bits per heavy atom. The summed E-state index contributed by atoms with van der Waals surface area (Å²) >= 11 is 0. The van der Waals surface area contributed by atoms with E-state index in [1.54, 1.807) is 7.11 Å². The van der Waals surface area contributed by atoms with Crippen LogP contribution in [0.4, 0.5) is 0 Å². The Balaban J connectivity index is 1.88. The first kappa shape index (κ1) is 13.7. The van der Waals surface area contributed by atoms with E-state index >= 15 is 0 Å². The molecule has 100 valence electrons. The van der Waals surface area contributed by atoms with Gasteiger partial charge in [0.25, 0.3) is 0 Å². The molecule has 0 aliphatic carbocycles. The maximum Gasteiger partial charge on any atom is 0.0713 e. The molecule has 3 nitrogen and oxygen atoms in total. The summed E-state index contributed by atoms with van der Waals surface area (Å²) in [5.74, 6) is 0. The highest BCUT2D eigenvalue weighted by atomic mass is 16.5. The van der Waals surface area contributed by atoms with Crippen LogP contribution >= 0.6 is 0 Å². The van der Waals surface area contributed by atoms with Crippen LogP contribution in [0.5, 0.6) is 0 Å². The zero-order chi connectivity index (χ0) is 13.5. The van der Waals surface area contributed by atoms with Crippen LogP contribution in [-0.4, -0.2) is 12.1 Å². The Morgan fingerprint density at radius 1 is 1.05 bits per heavy atom. The van der Waals surface area contributed by atoms with E-state index in [-0.39, 0.29) is 0 Å². The van der Waals surface area contributed by atoms with E-state index in [2.05, 4.69) is 41.5 Å². The molecule has 0 amide bonds. The third kappa shape index (κ3) is 4.16. The molecule has 0 aliphatic rings. The molecular formula is C16H20N2O. The van der Waals surface area contributed by atoms with Crippen LogP contribution < -0.4 is 5.32 Å². The van der Waals surface area contributed by atoms with Gasteiger partial charge in [-0.3, -0.25) is 4.98 Å². The van der Waals surface area contributed by atoms with Gasteiger partial charge < -0.3 is 10.1 Å². The third-order valence-electron chi connectivity index (χ3n) is 3.15. The Hall–Kier alpha value is -1.71. The van der Waals surface area contributed by atoms with Gasteiger partial charge in [-0.2, -0.15) is 0 Å². The van der Waals surface area contributed by atoms with Gasteiger partial charge in [0.1, 0.15) is 0 Å². The molecule has 0 saturated heterocycles. The number of nitrogens with one attached hydrogen (secondary N) is 1. The highest BCUT2D eigenvalue weighted by molar-refractivity contribution is 5.22. The van der Waals surface area contributed by atoms with Gasteiger partial charge in [-0.25, -0.2) is 0 Å². The van der Waals surface area contributed by atoms with Gasteiger partial charge in [0.05, 0.1) is 6.61 Å². The molecule has 1 atom stereocenters.